The van der Waals surface area contributed by atoms with Gasteiger partial charge in [-0.15, -0.1) is 0 Å². The molecule has 0 heterocycles. The Kier molecular flexibility index (Phi) is 4.64. The maximum Gasteiger partial charge on any atom is 0.0598 e. The van der Waals surface area contributed by atoms with Gasteiger partial charge in [0.05, 0.1) is 5.60 Å². The molecule has 1 aromatic carbocycles. The van der Waals surface area contributed by atoms with Gasteiger partial charge < -0.3 is 10.1 Å². The summed E-state index contributed by atoms with van der Waals surface area (Å²) in [6, 6.07) is 9.34. The van der Waals surface area contributed by atoms with E-state index < -0.39 is 0 Å². The van der Waals surface area contributed by atoms with E-state index >= 15 is 0 Å². The zero-order valence-electron chi connectivity index (χ0n) is 12.7. The van der Waals surface area contributed by atoms with Crippen LogP contribution in [0.1, 0.15) is 51.3 Å². The van der Waals surface area contributed by atoms with E-state index in [1.165, 1.54) is 17.5 Å². The number of benzene rings is 1. The number of rotatable bonds is 5. The molecule has 1 aliphatic rings. The maximum absolute atomic E-state index is 5.89. The van der Waals surface area contributed by atoms with Crippen LogP contribution >= 0.6 is 0 Å². The van der Waals surface area contributed by atoms with Crippen LogP contribution < -0.4 is 5.32 Å². The van der Waals surface area contributed by atoms with Gasteiger partial charge in [-0.05, 0) is 57.2 Å². The lowest BCUT2D eigenvalue weighted by Gasteiger charge is -2.24. The van der Waals surface area contributed by atoms with E-state index in [-0.39, 0.29) is 5.60 Å². The molecule has 2 unspecified atom stereocenters. The van der Waals surface area contributed by atoms with Gasteiger partial charge in [0.1, 0.15) is 0 Å². The predicted octanol–water partition coefficient (Wildman–Crippen LogP) is 3.71. The van der Waals surface area contributed by atoms with E-state index in [1.54, 1.807) is 0 Å². The second-order valence-electron chi connectivity index (χ2n) is 6.45. The second kappa shape index (κ2) is 6.06. The van der Waals surface area contributed by atoms with Gasteiger partial charge in [0.15, 0.2) is 0 Å². The summed E-state index contributed by atoms with van der Waals surface area (Å²) in [6.07, 6.45) is 2.31. The molecule has 0 radical (unpaired) electrons. The molecule has 0 bridgehead atoms. The Balaban J connectivity index is 1.98. The fraction of sp³-hybridized carbons (Fsp3) is 0.647. The summed E-state index contributed by atoms with van der Waals surface area (Å²) in [5.74, 6) is 0.666. The van der Waals surface area contributed by atoms with Gasteiger partial charge in [-0.1, -0.05) is 31.2 Å². The van der Waals surface area contributed by atoms with Crippen molar-refractivity contribution < 1.29 is 4.74 Å². The van der Waals surface area contributed by atoms with Crippen molar-refractivity contribution in [2.24, 2.45) is 5.92 Å². The van der Waals surface area contributed by atoms with Gasteiger partial charge in [0, 0.05) is 12.6 Å². The minimum absolute atomic E-state index is 0.0286. The zero-order valence-corrected chi connectivity index (χ0v) is 12.7. The lowest BCUT2D eigenvalue weighted by molar-refractivity contribution is -0.0105. The minimum atomic E-state index is -0.0286. The van der Waals surface area contributed by atoms with Crippen LogP contribution in [0.15, 0.2) is 24.3 Å². The molecule has 1 aliphatic carbocycles. The van der Waals surface area contributed by atoms with Gasteiger partial charge in [-0.3, -0.25) is 0 Å². The molecule has 1 N–H and O–H groups in total. The third-order valence-corrected chi connectivity index (χ3v) is 3.79. The number of fused-ring (bicyclic) bond motifs is 1. The summed E-state index contributed by atoms with van der Waals surface area (Å²) in [5.41, 5.74) is 2.97. The van der Waals surface area contributed by atoms with Crippen LogP contribution in [-0.4, -0.2) is 18.8 Å². The first-order chi connectivity index (χ1) is 9.01. The molecule has 0 amide bonds. The van der Waals surface area contributed by atoms with E-state index in [2.05, 4.69) is 57.3 Å². The van der Waals surface area contributed by atoms with Crippen molar-refractivity contribution in [2.75, 3.05) is 13.2 Å². The first-order valence-corrected chi connectivity index (χ1v) is 7.46. The maximum atomic E-state index is 5.89. The normalized spacial score (nSPS) is 22.5. The Morgan fingerprint density at radius 3 is 2.68 bits per heavy atom. The molecule has 0 fully saturated rings. The highest BCUT2D eigenvalue weighted by atomic mass is 16.5. The molecule has 2 rings (SSSR count). The smallest absolute Gasteiger partial charge is 0.0598 e. The Hall–Kier alpha value is -0.860. The van der Waals surface area contributed by atoms with Crippen molar-refractivity contribution in [3.8, 4) is 0 Å². The Labute approximate surface area is 117 Å². The van der Waals surface area contributed by atoms with Crippen LogP contribution in [-0.2, 0) is 11.2 Å². The van der Waals surface area contributed by atoms with Gasteiger partial charge in [0.25, 0.3) is 0 Å². The van der Waals surface area contributed by atoms with Gasteiger partial charge in [0.2, 0.25) is 0 Å². The fourth-order valence-electron chi connectivity index (χ4n) is 2.96. The molecular formula is C17H27NO. The first kappa shape index (κ1) is 14.5. The first-order valence-electron chi connectivity index (χ1n) is 7.46. The highest BCUT2D eigenvalue weighted by molar-refractivity contribution is 5.35. The summed E-state index contributed by atoms with van der Waals surface area (Å²) in [4.78, 5) is 0. The van der Waals surface area contributed by atoms with Crippen LogP contribution in [0.2, 0.25) is 0 Å². The topological polar surface area (TPSA) is 21.3 Å². The molecule has 2 heteroatoms. The fourth-order valence-corrected chi connectivity index (χ4v) is 2.96. The Morgan fingerprint density at radius 1 is 1.26 bits per heavy atom. The number of hydrogen-bond acceptors (Lipinski definition) is 2. The highest BCUT2D eigenvalue weighted by Crippen LogP contribution is 2.37. The molecule has 1 aromatic rings. The van der Waals surface area contributed by atoms with Crippen molar-refractivity contribution >= 4 is 0 Å². The quantitative estimate of drug-likeness (QED) is 0.872. The van der Waals surface area contributed by atoms with Crippen LogP contribution in [0.25, 0.3) is 0 Å². The Bertz CT molecular complexity index is 408. The van der Waals surface area contributed by atoms with Crippen LogP contribution in [0.5, 0.6) is 0 Å². The van der Waals surface area contributed by atoms with E-state index in [0.717, 1.165) is 19.6 Å². The predicted molar refractivity (Wildman–Crippen MR) is 80.4 cm³/mol. The summed E-state index contributed by atoms with van der Waals surface area (Å²) in [5, 5.41) is 3.64. The van der Waals surface area contributed by atoms with Crippen LogP contribution in [0.4, 0.5) is 0 Å². The van der Waals surface area contributed by atoms with Crippen molar-refractivity contribution in [2.45, 2.75) is 52.2 Å². The SMILES string of the molecule is CCNC1c2ccccc2CC1CCOC(C)(C)C. The molecule has 0 saturated carbocycles. The van der Waals surface area contributed by atoms with E-state index in [0.29, 0.717) is 12.0 Å². The Morgan fingerprint density at radius 2 is 2.00 bits per heavy atom. The number of ether oxygens (including phenoxy) is 1. The molecule has 0 saturated heterocycles. The lowest BCUT2D eigenvalue weighted by atomic mass is 9.97. The lowest BCUT2D eigenvalue weighted by Crippen LogP contribution is -2.27. The molecule has 2 atom stereocenters. The van der Waals surface area contributed by atoms with Crippen molar-refractivity contribution in [3.05, 3.63) is 35.4 Å². The monoisotopic (exact) mass is 261 g/mol. The van der Waals surface area contributed by atoms with Crippen molar-refractivity contribution in [3.63, 3.8) is 0 Å². The highest BCUT2D eigenvalue weighted by Gasteiger charge is 2.31. The summed E-state index contributed by atoms with van der Waals surface area (Å²) >= 11 is 0. The molecule has 2 nitrogen and oxygen atoms in total. The molecule has 0 aromatic heterocycles. The standard InChI is InChI=1S/C17H27NO/c1-5-18-16-14(10-11-19-17(2,3)4)12-13-8-6-7-9-15(13)16/h6-9,14,16,18H,5,10-12H2,1-4H3. The van der Waals surface area contributed by atoms with E-state index in [4.69, 9.17) is 4.74 Å². The zero-order chi connectivity index (χ0) is 13.9. The van der Waals surface area contributed by atoms with Gasteiger partial charge in [-0.25, -0.2) is 0 Å². The third-order valence-electron chi connectivity index (χ3n) is 3.79. The average Bonchev–Trinajstić information content (AvgIpc) is 2.67. The van der Waals surface area contributed by atoms with Gasteiger partial charge >= 0.3 is 0 Å². The molecule has 106 valence electrons. The minimum Gasteiger partial charge on any atom is -0.376 e. The molecule has 19 heavy (non-hydrogen) atoms. The van der Waals surface area contributed by atoms with Crippen LogP contribution in [0.3, 0.4) is 0 Å². The van der Waals surface area contributed by atoms with E-state index in [1.807, 2.05) is 0 Å². The van der Waals surface area contributed by atoms with Crippen LogP contribution in [0, 0.1) is 5.92 Å². The molecule has 0 aliphatic heterocycles. The molecular weight excluding hydrogens is 234 g/mol. The largest absolute Gasteiger partial charge is 0.376 e. The average molecular weight is 261 g/mol. The third kappa shape index (κ3) is 3.80. The summed E-state index contributed by atoms with van der Waals surface area (Å²) < 4.78 is 5.89. The van der Waals surface area contributed by atoms with E-state index in [9.17, 15) is 0 Å². The van der Waals surface area contributed by atoms with Crippen molar-refractivity contribution in [1.82, 2.24) is 5.32 Å². The second-order valence-corrected chi connectivity index (χ2v) is 6.45. The van der Waals surface area contributed by atoms with Crippen molar-refractivity contribution in [1.29, 1.82) is 0 Å². The number of nitrogens with one attached hydrogen (secondary N) is 1. The summed E-state index contributed by atoms with van der Waals surface area (Å²) in [6.45, 7) is 10.4. The van der Waals surface area contributed by atoms with Gasteiger partial charge in [-0.2, -0.15) is 0 Å². The molecule has 0 spiro atoms. The summed E-state index contributed by atoms with van der Waals surface area (Å²) in [7, 11) is 0. The number of hydrogen-bond donors (Lipinski definition) is 1.